The first-order chi connectivity index (χ1) is 11.4. The predicted octanol–water partition coefficient (Wildman–Crippen LogP) is 4.75. The van der Waals surface area contributed by atoms with Crippen LogP contribution in [0.4, 0.5) is 10.6 Å². The standard InChI is InChI=1S/C17H15Cl2N3O2/c1-21(17(23)24-3)16-13-6-4-5-12(15(13)20-22(16)2)11-8-7-10(18)9-14(11)19/h4-9H,1-3H3. The zero-order valence-electron chi connectivity index (χ0n) is 13.4. The topological polar surface area (TPSA) is 47.4 Å². The highest BCUT2D eigenvalue weighted by Gasteiger charge is 2.21. The van der Waals surface area contributed by atoms with Gasteiger partial charge in [0, 0.05) is 40.7 Å². The molecular formula is C17H15Cl2N3O2. The van der Waals surface area contributed by atoms with Crippen LogP contribution < -0.4 is 4.90 Å². The number of fused-ring (bicyclic) bond motifs is 1. The van der Waals surface area contributed by atoms with Crippen molar-refractivity contribution in [2.45, 2.75) is 0 Å². The fourth-order valence-corrected chi connectivity index (χ4v) is 3.26. The van der Waals surface area contributed by atoms with Crippen molar-refractivity contribution < 1.29 is 9.53 Å². The normalized spacial score (nSPS) is 10.9. The summed E-state index contributed by atoms with van der Waals surface area (Å²) in [4.78, 5) is 13.3. The lowest BCUT2D eigenvalue weighted by Crippen LogP contribution is -2.27. The second-order valence-corrected chi connectivity index (χ2v) is 6.15. The van der Waals surface area contributed by atoms with E-state index in [1.807, 2.05) is 24.3 Å². The predicted molar refractivity (Wildman–Crippen MR) is 97.0 cm³/mol. The SMILES string of the molecule is COC(=O)N(C)c1c2cccc(-c3ccc(Cl)cc3Cl)c2nn1C. The highest BCUT2D eigenvalue weighted by molar-refractivity contribution is 6.36. The van der Waals surface area contributed by atoms with Gasteiger partial charge in [0.25, 0.3) is 0 Å². The number of aromatic nitrogens is 2. The third kappa shape index (κ3) is 2.70. The first-order valence-corrected chi connectivity index (χ1v) is 7.92. The number of anilines is 1. The number of rotatable bonds is 2. The lowest BCUT2D eigenvalue weighted by molar-refractivity contribution is 0.180. The molecule has 0 radical (unpaired) electrons. The summed E-state index contributed by atoms with van der Waals surface area (Å²) in [5.41, 5.74) is 2.45. The smallest absolute Gasteiger partial charge is 0.414 e. The number of halogens is 2. The van der Waals surface area contributed by atoms with E-state index in [1.54, 1.807) is 30.9 Å². The van der Waals surface area contributed by atoms with Crippen LogP contribution in [0.1, 0.15) is 0 Å². The first kappa shape index (κ1) is 16.6. The molecule has 1 aromatic heterocycles. The minimum absolute atomic E-state index is 0.463. The first-order valence-electron chi connectivity index (χ1n) is 7.17. The summed E-state index contributed by atoms with van der Waals surface area (Å²) in [6.45, 7) is 0. The summed E-state index contributed by atoms with van der Waals surface area (Å²) < 4.78 is 6.44. The summed E-state index contributed by atoms with van der Waals surface area (Å²) in [6, 6.07) is 11.1. The minimum atomic E-state index is -0.463. The molecule has 0 saturated heterocycles. The van der Waals surface area contributed by atoms with E-state index in [0.29, 0.717) is 15.9 Å². The fourth-order valence-electron chi connectivity index (χ4n) is 2.75. The van der Waals surface area contributed by atoms with Gasteiger partial charge in [-0.3, -0.25) is 9.58 Å². The molecule has 0 aliphatic rings. The van der Waals surface area contributed by atoms with Crippen molar-refractivity contribution in [3.05, 3.63) is 46.4 Å². The van der Waals surface area contributed by atoms with Crippen LogP contribution in [0.25, 0.3) is 22.0 Å². The quantitative estimate of drug-likeness (QED) is 0.659. The Labute approximate surface area is 149 Å². The van der Waals surface area contributed by atoms with Crippen LogP contribution >= 0.6 is 23.2 Å². The average Bonchev–Trinajstić information content (AvgIpc) is 2.89. The molecule has 0 N–H and O–H groups in total. The van der Waals surface area contributed by atoms with E-state index in [4.69, 9.17) is 27.9 Å². The molecular weight excluding hydrogens is 349 g/mol. The molecule has 0 atom stereocenters. The van der Waals surface area contributed by atoms with Crippen molar-refractivity contribution in [2.75, 3.05) is 19.1 Å². The van der Waals surface area contributed by atoms with Gasteiger partial charge in [0.2, 0.25) is 0 Å². The highest BCUT2D eigenvalue weighted by atomic mass is 35.5. The number of amides is 1. The van der Waals surface area contributed by atoms with Crippen molar-refractivity contribution in [1.82, 2.24) is 9.78 Å². The lowest BCUT2D eigenvalue weighted by Gasteiger charge is -2.15. The van der Waals surface area contributed by atoms with E-state index in [0.717, 1.165) is 22.0 Å². The Bertz CT molecular complexity index is 937. The molecule has 0 spiro atoms. The van der Waals surface area contributed by atoms with Gasteiger partial charge in [-0.05, 0) is 18.2 Å². The second kappa shape index (κ2) is 6.34. The molecule has 24 heavy (non-hydrogen) atoms. The average molecular weight is 364 g/mol. The number of hydrogen-bond acceptors (Lipinski definition) is 3. The zero-order valence-corrected chi connectivity index (χ0v) is 14.9. The summed E-state index contributed by atoms with van der Waals surface area (Å²) in [5, 5.41) is 6.51. The van der Waals surface area contributed by atoms with Crippen LogP contribution in [-0.2, 0) is 11.8 Å². The van der Waals surface area contributed by atoms with Gasteiger partial charge in [-0.2, -0.15) is 5.10 Å². The number of carbonyl (C=O) groups is 1. The van der Waals surface area contributed by atoms with Gasteiger partial charge in [0.1, 0.15) is 11.3 Å². The molecule has 0 saturated carbocycles. The Morgan fingerprint density at radius 2 is 1.96 bits per heavy atom. The van der Waals surface area contributed by atoms with E-state index in [1.165, 1.54) is 12.0 Å². The van der Waals surface area contributed by atoms with Crippen molar-refractivity contribution in [2.24, 2.45) is 7.05 Å². The second-order valence-electron chi connectivity index (χ2n) is 5.30. The van der Waals surface area contributed by atoms with Crippen LogP contribution in [0, 0.1) is 0 Å². The highest BCUT2D eigenvalue weighted by Crippen LogP contribution is 2.37. The largest absolute Gasteiger partial charge is 0.452 e. The molecule has 1 amide bonds. The van der Waals surface area contributed by atoms with Crippen molar-refractivity contribution >= 4 is 46.0 Å². The molecule has 0 aliphatic carbocycles. The maximum absolute atomic E-state index is 11.9. The number of ether oxygens (including phenoxy) is 1. The monoisotopic (exact) mass is 363 g/mol. The molecule has 124 valence electrons. The lowest BCUT2D eigenvalue weighted by atomic mass is 10.0. The van der Waals surface area contributed by atoms with Gasteiger partial charge >= 0.3 is 6.09 Å². The number of carbonyl (C=O) groups excluding carboxylic acids is 1. The van der Waals surface area contributed by atoms with Gasteiger partial charge in [-0.1, -0.05) is 41.4 Å². The Hall–Kier alpha value is -2.24. The van der Waals surface area contributed by atoms with E-state index >= 15 is 0 Å². The molecule has 0 bridgehead atoms. The molecule has 0 aliphatic heterocycles. The van der Waals surface area contributed by atoms with Crippen molar-refractivity contribution in [1.29, 1.82) is 0 Å². The van der Waals surface area contributed by atoms with Crippen molar-refractivity contribution in [3.8, 4) is 11.1 Å². The fraction of sp³-hybridized carbons (Fsp3) is 0.176. The Kier molecular flexibility index (Phi) is 4.39. The summed E-state index contributed by atoms with van der Waals surface area (Å²) in [7, 11) is 4.77. The van der Waals surface area contributed by atoms with Gasteiger partial charge in [0.15, 0.2) is 0 Å². The maximum Gasteiger partial charge on any atom is 0.414 e. The summed E-state index contributed by atoms with van der Waals surface area (Å²) in [6.07, 6.45) is -0.463. The maximum atomic E-state index is 11.9. The number of nitrogens with zero attached hydrogens (tertiary/aromatic N) is 3. The van der Waals surface area contributed by atoms with Gasteiger partial charge in [0.05, 0.1) is 7.11 Å². The Morgan fingerprint density at radius 3 is 2.62 bits per heavy atom. The molecule has 0 unspecified atom stereocenters. The molecule has 5 nitrogen and oxygen atoms in total. The molecule has 1 heterocycles. The number of methoxy groups -OCH3 is 1. The number of benzene rings is 2. The van der Waals surface area contributed by atoms with Crippen LogP contribution in [-0.4, -0.2) is 30.0 Å². The van der Waals surface area contributed by atoms with Gasteiger partial charge in [-0.15, -0.1) is 0 Å². The molecule has 3 rings (SSSR count). The molecule has 7 heteroatoms. The van der Waals surface area contributed by atoms with E-state index in [2.05, 4.69) is 5.10 Å². The van der Waals surface area contributed by atoms with Crippen LogP contribution in [0.15, 0.2) is 36.4 Å². The summed E-state index contributed by atoms with van der Waals surface area (Å²) in [5.74, 6) is 0.642. The minimum Gasteiger partial charge on any atom is -0.452 e. The summed E-state index contributed by atoms with van der Waals surface area (Å²) >= 11 is 12.3. The van der Waals surface area contributed by atoms with Gasteiger partial charge in [-0.25, -0.2) is 4.79 Å². The Balaban J connectivity index is 2.24. The number of hydrogen-bond donors (Lipinski definition) is 0. The third-order valence-corrected chi connectivity index (χ3v) is 4.37. The van der Waals surface area contributed by atoms with Crippen LogP contribution in [0.3, 0.4) is 0 Å². The molecule has 2 aromatic carbocycles. The molecule has 0 fully saturated rings. The third-order valence-electron chi connectivity index (χ3n) is 3.82. The Morgan fingerprint density at radius 1 is 1.21 bits per heavy atom. The van der Waals surface area contributed by atoms with E-state index < -0.39 is 6.09 Å². The number of aryl methyl sites for hydroxylation is 1. The zero-order chi connectivity index (χ0) is 17.4. The molecule has 3 aromatic rings. The van der Waals surface area contributed by atoms with Crippen molar-refractivity contribution in [3.63, 3.8) is 0 Å². The van der Waals surface area contributed by atoms with Crippen LogP contribution in [0.2, 0.25) is 10.0 Å². The van der Waals surface area contributed by atoms with E-state index in [9.17, 15) is 4.79 Å². The van der Waals surface area contributed by atoms with E-state index in [-0.39, 0.29) is 0 Å². The van der Waals surface area contributed by atoms with Crippen LogP contribution in [0.5, 0.6) is 0 Å². The van der Waals surface area contributed by atoms with Gasteiger partial charge < -0.3 is 4.74 Å².